The summed E-state index contributed by atoms with van der Waals surface area (Å²) in [6, 6.07) is 3.28. The number of nitrogens with one attached hydrogen (secondary N) is 1. The molecule has 3 N–H and O–H groups in total. The van der Waals surface area contributed by atoms with Crippen LogP contribution in [-0.4, -0.2) is 11.7 Å². The molecule has 1 heterocycles. The van der Waals surface area contributed by atoms with Crippen LogP contribution in [0.4, 0.5) is 4.39 Å². The third-order valence-corrected chi connectivity index (χ3v) is 4.16. The maximum Gasteiger partial charge on any atom is 0.248 e. The molecule has 1 aromatic rings. The van der Waals surface area contributed by atoms with Crippen molar-refractivity contribution in [1.82, 2.24) is 4.98 Å². The average Bonchev–Trinajstić information content (AvgIpc) is 2.32. The van der Waals surface area contributed by atoms with Crippen LogP contribution in [-0.2, 0) is 12.0 Å². The molecule has 0 saturated carbocycles. The Bertz CT molecular complexity index is 644. The van der Waals surface area contributed by atoms with Crippen LogP contribution < -0.4 is 11.3 Å². The van der Waals surface area contributed by atoms with E-state index in [1.165, 1.54) is 11.6 Å². The molecule has 1 aromatic heterocycles. The number of hydrogen-bond acceptors (Lipinski definition) is 2. The first-order valence-electron chi connectivity index (χ1n) is 6.50. The van der Waals surface area contributed by atoms with Crippen LogP contribution in [0.1, 0.15) is 24.6 Å². The van der Waals surface area contributed by atoms with Crippen molar-refractivity contribution < 1.29 is 4.39 Å². The Kier molecular flexibility index (Phi) is 2.71. The summed E-state index contributed by atoms with van der Waals surface area (Å²) in [5, 5.41) is 0. The van der Waals surface area contributed by atoms with Crippen LogP contribution in [0.3, 0.4) is 0 Å². The topological polar surface area (TPSA) is 58.9 Å². The molecule has 3 rings (SSSR count). The number of alkyl halides is 1. The Hall–Kier alpha value is -1.68. The van der Waals surface area contributed by atoms with Gasteiger partial charge < -0.3 is 10.7 Å². The van der Waals surface area contributed by atoms with E-state index in [-0.39, 0.29) is 11.5 Å². The molecular formula is C15H17FN2O. The molecule has 2 bridgehead atoms. The Labute approximate surface area is 111 Å². The molecule has 0 spiro atoms. The van der Waals surface area contributed by atoms with Gasteiger partial charge in [-0.3, -0.25) is 4.79 Å². The van der Waals surface area contributed by atoms with Gasteiger partial charge in [0.1, 0.15) is 6.67 Å². The fourth-order valence-corrected chi connectivity index (χ4v) is 3.52. The van der Waals surface area contributed by atoms with Gasteiger partial charge in [-0.25, -0.2) is 4.39 Å². The zero-order valence-corrected chi connectivity index (χ0v) is 10.9. The van der Waals surface area contributed by atoms with Gasteiger partial charge in [-0.2, -0.15) is 0 Å². The van der Waals surface area contributed by atoms with Gasteiger partial charge in [0, 0.05) is 17.7 Å². The molecule has 0 fully saturated rings. The number of allylic oxidation sites excluding steroid dienone is 2. The summed E-state index contributed by atoms with van der Waals surface area (Å²) < 4.78 is 12.8. The Morgan fingerprint density at radius 2 is 2.37 bits per heavy atom. The van der Waals surface area contributed by atoms with E-state index in [4.69, 9.17) is 5.73 Å². The molecule has 0 radical (unpaired) electrons. The van der Waals surface area contributed by atoms with E-state index in [9.17, 15) is 9.18 Å². The SMILES string of the molecule is CC1=CC2Cc3[nH]c(=O)ccc3C(N)(C1)C2=CCF. The van der Waals surface area contributed by atoms with E-state index in [2.05, 4.69) is 18.0 Å². The smallest absolute Gasteiger partial charge is 0.248 e. The molecule has 100 valence electrons. The normalized spacial score (nSPS) is 31.0. The highest BCUT2D eigenvalue weighted by molar-refractivity contribution is 5.49. The fourth-order valence-electron chi connectivity index (χ4n) is 3.52. The number of pyridine rings is 1. The maximum absolute atomic E-state index is 12.8. The standard InChI is InChI=1S/C15H17FN2O/c1-9-6-10-7-13-12(2-3-14(19)18-13)15(17,8-9)11(10)4-5-16/h2-4,6,10H,5,7-8,17H2,1H3,(H,18,19). The number of fused-ring (bicyclic) bond motifs is 4. The quantitative estimate of drug-likeness (QED) is 0.758. The van der Waals surface area contributed by atoms with Crippen molar-refractivity contribution >= 4 is 0 Å². The average molecular weight is 260 g/mol. The summed E-state index contributed by atoms with van der Waals surface area (Å²) in [5.74, 6) is 0.0973. The summed E-state index contributed by atoms with van der Waals surface area (Å²) in [6.07, 6.45) is 5.10. The number of aromatic amines is 1. The van der Waals surface area contributed by atoms with Gasteiger partial charge in [-0.1, -0.05) is 17.7 Å². The van der Waals surface area contributed by atoms with Crippen LogP contribution in [0.15, 0.2) is 40.2 Å². The first-order chi connectivity index (χ1) is 9.04. The van der Waals surface area contributed by atoms with Crippen LogP contribution in [0.2, 0.25) is 0 Å². The van der Waals surface area contributed by atoms with Crippen molar-refractivity contribution in [3.05, 3.63) is 57.0 Å². The Morgan fingerprint density at radius 1 is 1.58 bits per heavy atom. The molecule has 3 nitrogen and oxygen atoms in total. The molecule has 0 saturated heterocycles. The number of nitrogens with two attached hydrogens (primary N) is 1. The van der Waals surface area contributed by atoms with Gasteiger partial charge in [0.05, 0.1) is 5.54 Å². The van der Waals surface area contributed by atoms with Gasteiger partial charge in [-0.05, 0) is 37.0 Å². The fraction of sp³-hybridized carbons (Fsp3) is 0.400. The lowest BCUT2D eigenvalue weighted by Crippen LogP contribution is -2.48. The molecule has 0 amide bonds. The third-order valence-electron chi connectivity index (χ3n) is 4.16. The predicted molar refractivity (Wildman–Crippen MR) is 72.6 cm³/mol. The van der Waals surface area contributed by atoms with E-state index in [0.29, 0.717) is 12.8 Å². The van der Waals surface area contributed by atoms with Crippen LogP contribution in [0, 0.1) is 5.92 Å². The van der Waals surface area contributed by atoms with Crippen LogP contribution in [0.5, 0.6) is 0 Å². The first-order valence-corrected chi connectivity index (χ1v) is 6.50. The number of halogens is 1. The minimum atomic E-state index is -0.673. The summed E-state index contributed by atoms with van der Waals surface area (Å²) in [7, 11) is 0. The highest BCUT2D eigenvalue weighted by Crippen LogP contribution is 2.47. The molecule has 19 heavy (non-hydrogen) atoms. The van der Waals surface area contributed by atoms with E-state index in [1.54, 1.807) is 12.1 Å². The van der Waals surface area contributed by atoms with Gasteiger partial charge in [0.2, 0.25) is 5.56 Å². The second kappa shape index (κ2) is 4.17. The molecule has 2 unspecified atom stereocenters. The van der Waals surface area contributed by atoms with E-state index < -0.39 is 12.2 Å². The second-order valence-electron chi connectivity index (χ2n) is 5.50. The molecule has 2 atom stereocenters. The molecule has 2 aliphatic rings. The van der Waals surface area contributed by atoms with Gasteiger partial charge in [-0.15, -0.1) is 0 Å². The number of rotatable bonds is 1. The lowest BCUT2D eigenvalue weighted by Gasteiger charge is -2.45. The largest absolute Gasteiger partial charge is 0.326 e. The van der Waals surface area contributed by atoms with Crippen molar-refractivity contribution in [2.45, 2.75) is 25.3 Å². The third kappa shape index (κ3) is 1.78. The van der Waals surface area contributed by atoms with Crippen molar-refractivity contribution in [3.63, 3.8) is 0 Å². The minimum absolute atomic E-state index is 0.0973. The van der Waals surface area contributed by atoms with E-state index in [1.807, 2.05) is 0 Å². The molecule has 0 aliphatic heterocycles. The van der Waals surface area contributed by atoms with Gasteiger partial charge >= 0.3 is 0 Å². The second-order valence-corrected chi connectivity index (χ2v) is 5.50. The van der Waals surface area contributed by atoms with Crippen molar-refractivity contribution in [1.29, 1.82) is 0 Å². The summed E-state index contributed by atoms with van der Waals surface area (Å²) >= 11 is 0. The number of hydrogen-bond donors (Lipinski definition) is 2. The Balaban J connectivity index is 2.25. The monoisotopic (exact) mass is 260 g/mol. The van der Waals surface area contributed by atoms with Crippen molar-refractivity contribution in [2.24, 2.45) is 11.7 Å². The molecule has 4 heteroatoms. The van der Waals surface area contributed by atoms with E-state index >= 15 is 0 Å². The molecular weight excluding hydrogens is 243 g/mol. The summed E-state index contributed by atoms with van der Waals surface area (Å²) in [5.41, 5.74) is 9.78. The van der Waals surface area contributed by atoms with Gasteiger partial charge in [0.25, 0.3) is 0 Å². The highest BCUT2D eigenvalue weighted by atomic mass is 19.1. The lowest BCUT2D eigenvalue weighted by molar-refractivity contribution is 0.403. The number of H-pyrrole nitrogens is 1. The van der Waals surface area contributed by atoms with Crippen molar-refractivity contribution in [2.75, 3.05) is 6.67 Å². The predicted octanol–water partition coefficient (Wildman–Crippen LogP) is 1.95. The van der Waals surface area contributed by atoms with E-state index in [0.717, 1.165) is 16.8 Å². The summed E-state index contributed by atoms with van der Waals surface area (Å²) in [6.45, 7) is 1.55. The maximum atomic E-state index is 12.8. The first kappa shape index (κ1) is 12.4. The molecule has 0 aromatic carbocycles. The minimum Gasteiger partial charge on any atom is -0.326 e. The zero-order chi connectivity index (χ0) is 13.6. The number of aromatic nitrogens is 1. The highest BCUT2D eigenvalue weighted by Gasteiger charge is 2.43. The van der Waals surface area contributed by atoms with Crippen LogP contribution >= 0.6 is 0 Å². The van der Waals surface area contributed by atoms with Crippen molar-refractivity contribution in [3.8, 4) is 0 Å². The van der Waals surface area contributed by atoms with Crippen LogP contribution in [0.25, 0.3) is 0 Å². The molecule has 2 aliphatic carbocycles. The zero-order valence-electron chi connectivity index (χ0n) is 10.9. The Morgan fingerprint density at radius 3 is 3.11 bits per heavy atom. The van der Waals surface area contributed by atoms with Gasteiger partial charge in [0.15, 0.2) is 0 Å². The summed E-state index contributed by atoms with van der Waals surface area (Å²) in [4.78, 5) is 14.3. The lowest BCUT2D eigenvalue weighted by atomic mass is 9.63.